The molecule has 0 N–H and O–H groups in total. The fraction of sp³-hybridized carbons (Fsp3) is 0.786. The van der Waals surface area contributed by atoms with Gasteiger partial charge in [0, 0.05) is 5.57 Å². The third-order valence-corrected chi connectivity index (χ3v) is 8.52. The zero-order valence-corrected chi connectivity index (χ0v) is 13.1. The van der Waals surface area contributed by atoms with E-state index in [1.54, 1.807) is 6.92 Å². The number of rotatable bonds is 3. The van der Waals surface area contributed by atoms with Gasteiger partial charge in [-0.05, 0) is 44.3 Å². The fourth-order valence-corrected chi connectivity index (χ4v) is 3.18. The minimum atomic E-state index is -1.77. The van der Waals surface area contributed by atoms with Gasteiger partial charge in [-0.2, -0.15) is 0 Å². The van der Waals surface area contributed by atoms with Crippen molar-refractivity contribution in [2.75, 3.05) is 0 Å². The standard InChI is InChI=1S/C14H26O2Si/c1-11(15)12-9-7-8-10-13(12)16-17(5,6)14(2,3)4/h9,13H,7-8,10H2,1-6H3. The van der Waals surface area contributed by atoms with Gasteiger partial charge >= 0.3 is 0 Å². The molecule has 0 saturated heterocycles. The second-order valence-corrected chi connectivity index (χ2v) is 11.3. The smallest absolute Gasteiger partial charge is 0.192 e. The molecular weight excluding hydrogens is 228 g/mol. The Morgan fingerprint density at radius 3 is 2.47 bits per heavy atom. The maximum Gasteiger partial charge on any atom is 0.192 e. The van der Waals surface area contributed by atoms with Crippen LogP contribution in [0.5, 0.6) is 0 Å². The summed E-state index contributed by atoms with van der Waals surface area (Å²) in [5.74, 6) is 0.174. The Bertz CT molecular complexity index is 324. The van der Waals surface area contributed by atoms with Crippen LogP contribution >= 0.6 is 0 Å². The number of Topliss-reactive ketones (excluding diaryl/α,β-unsaturated/α-hetero) is 1. The molecule has 3 heteroatoms. The van der Waals surface area contributed by atoms with E-state index in [1.807, 2.05) is 0 Å². The molecule has 17 heavy (non-hydrogen) atoms. The monoisotopic (exact) mass is 254 g/mol. The molecular formula is C14H26O2Si. The van der Waals surface area contributed by atoms with Gasteiger partial charge in [-0.15, -0.1) is 0 Å². The Morgan fingerprint density at radius 1 is 1.41 bits per heavy atom. The van der Waals surface area contributed by atoms with Gasteiger partial charge in [0.2, 0.25) is 0 Å². The highest BCUT2D eigenvalue weighted by molar-refractivity contribution is 6.74. The van der Waals surface area contributed by atoms with Gasteiger partial charge in [0.25, 0.3) is 0 Å². The van der Waals surface area contributed by atoms with Gasteiger partial charge < -0.3 is 4.43 Å². The zero-order valence-electron chi connectivity index (χ0n) is 12.1. The number of carbonyl (C=O) groups excluding carboxylic acids is 1. The SMILES string of the molecule is CC(=O)C1=CCCCC1O[Si](C)(C)C(C)(C)C. The summed E-state index contributed by atoms with van der Waals surface area (Å²) < 4.78 is 6.37. The lowest BCUT2D eigenvalue weighted by Crippen LogP contribution is -2.45. The van der Waals surface area contributed by atoms with Gasteiger partial charge in [0.05, 0.1) is 6.10 Å². The molecule has 0 aliphatic heterocycles. The molecule has 0 saturated carbocycles. The van der Waals surface area contributed by atoms with E-state index in [-0.39, 0.29) is 16.9 Å². The Labute approximate surface area is 107 Å². The van der Waals surface area contributed by atoms with E-state index >= 15 is 0 Å². The van der Waals surface area contributed by atoms with Gasteiger partial charge in [0.1, 0.15) is 0 Å². The third kappa shape index (κ3) is 3.52. The van der Waals surface area contributed by atoms with E-state index in [9.17, 15) is 4.79 Å². The van der Waals surface area contributed by atoms with E-state index < -0.39 is 8.32 Å². The highest BCUT2D eigenvalue weighted by Crippen LogP contribution is 2.39. The molecule has 1 atom stereocenters. The topological polar surface area (TPSA) is 26.3 Å². The Morgan fingerprint density at radius 2 is 2.00 bits per heavy atom. The molecule has 0 heterocycles. The lowest BCUT2D eigenvalue weighted by molar-refractivity contribution is -0.114. The van der Waals surface area contributed by atoms with Crippen LogP contribution < -0.4 is 0 Å². The molecule has 0 amide bonds. The van der Waals surface area contributed by atoms with E-state index in [1.165, 1.54) is 0 Å². The summed E-state index contributed by atoms with van der Waals surface area (Å²) in [6.07, 6.45) is 5.27. The quantitative estimate of drug-likeness (QED) is 0.709. The summed E-state index contributed by atoms with van der Waals surface area (Å²) >= 11 is 0. The summed E-state index contributed by atoms with van der Waals surface area (Å²) in [5, 5.41) is 0.201. The van der Waals surface area contributed by atoms with E-state index in [4.69, 9.17) is 4.43 Å². The summed E-state index contributed by atoms with van der Waals surface area (Å²) in [5.41, 5.74) is 0.904. The van der Waals surface area contributed by atoms with Crippen molar-refractivity contribution in [2.24, 2.45) is 0 Å². The molecule has 0 aromatic carbocycles. The van der Waals surface area contributed by atoms with Gasteiger partial charge in [-0.25, -0.2) is 0 Å². The predicted molar refractivity (Wildman–Crippen MR) is 74.7 cm³/mol. The van der Waals surface area contributed by atoms with Crippen LogP contribution in [0.15, 0.2) is 11.6 Å². The van der Waals surface area contributed by atoms with Crippen molar-refractivity contribution in [3.05, 3.63) is 11.6 Å². The Kier molecular flexibility index (Phi) is 4.36. The van der Waals surface area contributed by atoms with E-state index in [0.29, 0.717) is 0 Å². The molecule has 98 valence electrons. The van der Waals surface area contributed by atoms with Crippen LogP contribution in [0.2, 0.25) is 18.1 Å². The van der Waals surface area contributed by atoms with Crippen molar-refractivity contribution in [1.82, 2.24) is 0 Å². The van der Waals surface area contributed by atoms with Crippen molar-refractivity contribution in [3.63, 3.8) is 0 Å². The summed E-state index contributed by atoms with van der Waals surface area (Å²) in [6.45, 7) is 12.9. The van der Waals surface area contributed by atoms with Crippen LogP contribution in [0.25, 0.3) is 0 Å². The summed E-state index contributed by atoms with van der Waals surface area (Å²) in [6, 6.07) is 0. The highest BCUT2D eigenvalue weighted by Gasteiger charge is 2.40. The average molecular weight is 254 g/mol. The molecule has 0 fully saturated rings. The molecule has 1 unspecified atom stereocenters. The van der Waals surface area contributed by atoms with Crippen LogP contribution in [-0.2, 0) is 9.22 Å². The van der Waals surface area contributed by atoms with Crippen LogP contribution in [0.3, 0.4) is 0 Å². The maximum absolute atomic E-state index is 11.6. The second kappa shape index (κ2) is 5.07. The normalized spacial score (nSPS) is 22.2. The molecule has 1 aliphatic carbocycles. The second-order valence-electron chi connectivity index (χ2n) is 6.51. The van der Waals surface area contributed by atoms with Crippen molar-refractivity contribution < 1.29 is 9.22 Å². The van der Waals surface area contributed by atoms with Crippen molar-refractivity contribution in [2.45, 2.75) is 71.2 Å². The maximum atomic E-state index is 11.6. The van der Waals surface area contributed by atoms with Gasteiger partial charge in [0.15, 0.2) is 14.1 Å². The average Bonchev–Trinajstić information content (AvgIpc) is 2.15. The van der Waals surface area contributed by atoms with Crippen molar-refractivity contribution in [1.29, 1.82) is 0 Å². The van der Waals surface area contributed by atoms with Gasteiger partial charge in [-0.3, -0.25) is 4.79 Å². The number of ketones is 1. The minimum Gasteiger partial charge on any atom is -0.410 e. The van der Waals surface area contributed by atoms with Crippen LogP contribution in [-0.4, -0.2) is 20.2 Å². The first-order valence-electron chi connectivity index (χ1n) is 6.54. The Balaban J connectivity index is 2.84. The molecule has 1 aliphatic rings. The fourth-order valence-electron chi connectivity index (χ4n) is 1.87. The van der Waals surface area contributed by atoms with Crippen molar-refractivity contribution >= 4 is 14.1 Å². The molecule has 2 nitrogen and oxygen atoms in total. The first-order chi connectivity index (χ1) is 7.65. The van der Waals surface area contributed by atoms with E-state index in [0.717, 1.165) is 24.8 Å². The molecule has 0 radical (unpaired) electrons. The number of hydrogen-bond acceptors (Lipinski definition) is 2. The highest BCUT2D eigenvalue weighted by atomic mass is 28.4. The molecule has 0 aromatic rings. The Hall–Kier alpha value is -0.413. The number of allylic oxidation sites excluding steroid dienone is 1. The minimum absolute atomic E-state index is 0.0436. The molecule has 0 bridgehead atoms. The number of hydrogen-bond donors (Lipinski definition) is 0. The van der Waals surface area contributed by atoms with E-state index in [2.05, 4.69) is 39.9 Å². The lowest BCUT2D eigenvalue weighted by Gasteiger charge is -2.40. The first-order valence-corrected chi connectivity index (χ1v) is 9.45. The first kappa shape index (κ1) is 14.6. The molecule has 1 rings (SSSR count). The lowest BCUT2D eigenvalue weighted by atomic mass is 9.94. The third-order valence-electron chi connectivity index (χ3n) is 4.03. The summed E-state index contributed by atoms with van der Waals surface area (Å²) in [4.78, 5) is 11.6. The van der Waals surface area contributed by atoms with Gasteiger partial charge in [-0.1, -0.05) is 26.8 Å². The van der Waals surface area contributed by atoms with Crippen LogP contribution in [0, 0.1) is 0 Å². The summed E-state index contributed by atoms with van der Waals surface area (Å²) in [7, 11) is -1.77. The zero-order chi connectivity index (χ0) is 13.3. The van der Waals surface area contributed by atoms with Crippen LogP contribution in [0.4, 0.5) is 0 Å². The number of carbonyl (C=O) groups is 1. The largest absolute Gasteiger partial charge is 0.410 e. The molecule has 0 aromatic heterocycles. The predicted octanol–water partition coefficient (Wildman–Crippen LogP) is 4.08. The molecule has 0 spiro atoms. The van der Waals surface area contributed by atoms with Crippen molar-refractivity contribution in [3.8, 4) is 0 Å². The van der Waals surface area contributed by atoms with Crippen LogP contribution in [0.1, 0.15) is 47.0 Å².